The molecule has 6 nitrogen and oxygen atoms in total. The van der Waals surface area contributed by atoms with Crippen LogP contribution in [0.3, 0.4) is 0 Å². The van der Waals surface area contributed by atoms with Gasteiger partial charge in [0.1, 0.15) is 11.4 Å². The molecule has 0 spiro atoms. The zero-order valence-corrected chi connectivity index (χ0v) is 15.8. The first-order chi connectivity index (χ1) is 13.7. The summed E-state index contributed by atoms with van der Waals surface area (Å²) in [4.78, 5) is 29.9. The average Bonchev–Trinajstić information content (AvgIpc) is 3.00. The van der Waals surface area contributed by atoms with Crippen molar-refractivity contribution in [1.82, 2.24) is 4.90 Å². The van der Waals surface area contributed by atoms with Gasteiger partial charge >= 0.3 is 0 Å². The van der Waals surface area contributed by atoms with Crippen molar-refractivity contribution in [2.45, 2.75) is 6.92 Å². The van der Waals surface area contributed by atoms with Gasteiger partial charge in [0, 0.05) is 13.1 Å². The molecule has 144 valence electrons. The molecule has 0 atom stereocenters. The zero-order chi connectivity index (χ0) is 19.5. The fraction of sp³-hybridized carbons (Fsp3) is 0.273. The van der Waals surface area contributed by atoms with Crippen molar-refractivity contribution >= 4 is 23.1 Å². The van der Waals surface area contributed by atoms with E-state index < -0.39 is 0 Å². The minimum atomic E-state index is -0.304. The first kappa shape index (κ1) is 18.3. The van der Waals surface area contributed by atoms with Gasteiger partial charge in [-0.15, -0.1) is 0 Å². The van der Waals surface area contributed by atoms with Crippen LogP contribution in [0.4, 0.5) is 5.69 Å². The molecule has 2 aromatic rings. The molecule has 0 unspecified atom stereocenters. The van der Waals surface area contributed by atoms with Crippen molar-refractivity contribution in [3.05, 3.63) is 65.9 Å². The molecule has 4 rings (SSSR count). The molecule has 0 bridgehead atoms. The van der Waals surface area contributed by atoms with Crippen LogP contribution in [0, 0.1) is 0 Å². The number of hydrogen-bond donors (Lipinski definition) is 0. The molecule has 2 amide bonds. The number of benzene rings is 2. The second kappa shape index (κ2) is 7.86. The van der Waals surface area contributed by atoms with Crippen molar-refractivity contribution in [3.8, 4) is 5.75 Å². The lowest BCUT2D eigenvalue weighted by Gasteiger charge is -2.29. The molecule has 2 aliphatic heterocycles. The van der Waals surface area contributed by atoms with Gasteiger partial charge < -0.3 is 14.4 Å². The highest BCUT2D eigenvalue weighted by Gasteiger charge is 2.42. The number of ether oxygens (including phenoxy) is 2. The van der Waals surface area contributed by atoms with E-state index in [0.29, 0.717) is 55.4 Å². The van der Waals surface area contributed by atoms with Crippen LogP contribution in [0.2, 0.25) is 0 Å². The van der Waals surface area contributed by atoms with E-state index in [4.69, 9.17) is 9.47 Å². The second-order valence-electron chi connectivity index (χ2n) is 6.56. The Bertz CT molecular complexity index is 900. The van der Waals surface area contributed by atoms with Crippen LogP contribution >= 0.6 is 0 Å². The summed E-state index contributed by atoms with van der Waals surface area (Å²) in [6.07, 6.45) is 0. The molecular weight excluding hydrogens is 356 g/mol. The summed E-state index contributed by atoms with van der Waals surface area (Å²) in [6, 6.07) is 16.4. The van der Waals surface area contributed by atoms with Crippen molar-refractivity contribution in [2.75, 3.05) is 37.8 Å². The number of anilines is 1. The van der Waals surface area contributed by atoms with Gasteiger partial charge in [-0.3, -0.25) is 9.59 Å². The van der Waals surface area contributed by atoms with Gasteiger partial charge in [-0.2, -0.15) is 0 Å². The van der Waals surface area contributed by atoms with Crippen molar-refractivity contribution in [2.24, 2.45) is 0 Å². The van der Waals surface area contributed by atoms with Gasteiger partial charge in [0.25, 0.3) is 11.8 Å². The van der Waals surface area contributed by atoms with E-state index in [1.165, 1.54) is 4.90 Å². The summed E-state index contributed by atoms with van der Waals surface area (Å²) in [5, 5.41) is 0. The Hall–Kier alpha value is -3.12. The SMILES string of the molecule is CCOc1ccc(C2=C(N3CCOCC3)C(=O)N(c3ccccc3)C2=O)cc1. The van der Waals surface area contributed by atoms with E-state index in [0.717, 1.165) is 5.75 Å². The van der Waals surface area contributed by atoms with E-state index >= 15 is 0 Å². The van der Waals surface area contributed by atoms with Crippen LogP contribution in [0.1, 0.15) is 12.5 Å². The third kappa shape index (κ3) is 3.27. The predicted molar refractivity (Wildman–Crippen MR) is 106 cm³/mol. The fourth-order valence-corrected chi connectivity index (χ4v) is 3.55. The largest absolute Gasteiger partial charge is 0.494 e. The number of nitrogens with zero attached hydrogens (tertiary/aromatic N) is 2. The summed E-state index contributed by atoms with van der Waals surface area (Å²) >= 11 is 0. The Morgan fingerprint density at radius 2 is 1.61 bits per heavy atom. The number of rotatable bonds is 5. The monoisotopic (exact) mass is 378 g/mol. The lowest BCUT2D eigenvalue weighted by molar-refractivity contribution is -0.121. The quantitative estimate of drug-likeness (QED) is 0.749. The van der Waals surface area contributed by atoms with Gasteiger partial charge in [-0.1, -0.05) is 30.3 Å². The van der Waals surface area contributed by atoms with Crippen LogP contribution in [-0.4, -0.2) is 49.6 Å². The van der Waals surface area contributed by atoms with Crippen LogP contribution in [0.15, 0.2) is 60.3 Å². The normalized spacial score (nSPS) is 17.5. The molecule has 2 aliphatic rings. The summed E-state index contributed by atoms with van der Waals surface area (Å²) in [5.41, 5.74) is 2.16. The molecule has 0 N–H and O–H groups in total. The van der Waals surface area contributed by atoms with E-state index in [-0.39, 0.29) is 11.8 Å². The lowest BCUT2D eigenvalue weighted by Crippen LogP contribution is -2.40. The van der Waals surface area contributed by atoms with Crippen LogP contribution < -0.4 is 9.64 Å². The standard InChI is InChI=1S/C22H22N2O4/c1-2-28-18-10-8-16(9-11-18)19-20(23-12-14-27-15-13-23)22(26)24(21(19)25)17-6-4-3-5-7-17/h3-11H,2,12-15H2,1H3. The number of para-hydroxylation sites is 1. The van der Waals surface area contributed by atoms with Crippen molar-refractivity contribution in [3.63, 3.8) is 0 Å². The summed E-state index contributed by atoms with van der Waals surface area (Å²) in [7, 11) is 0. The average molecular weight is 378 g/mol. The van der Waals surface area contributed by atoms with Gasteiger partial charge in [0.05, 0.1) is 31.1 Å². The van der Waals surface area contributed by atoms with Crippen LogP contribution in [-0.2, 0) is 14.3 Å². The number of imide groups is 1. The number of amides is 2. The fourth-order valence-electron chi connectivity index (χ4n) is 3.55. The molecule has 0 aromatic heterocycles. The molecule has 0 saturated carbocycles. The molecule has 2 heterocycles. The number of hydrogen-bond acceptors (Lipinski definition) is 5. The molecule has 1 fully saturated rings. The van der Waals surface area contributed by atoms with E-state index in [1.54, 1.807) is 12.1 Å². The van der Waals surface area contributed by atoms with Gasteiger partial charge in [-0.25, -0.2) is 4.90 Å². The first-order valence-electron chi connectivity index (χ1n) is 9.44. The number of carbonyl (C=O) groups excluding carboxylic acids is 2. The van der Waals surface area contributed by atoms with Crippen molar-refractivity contribution in [1.29, 1.82) is 0 Å². The lowest BCUT2D eigenvalue weighted by atomic mass is 10.0. The Balaban J connectivity index is 1.78. The highest BCUT2D eigenvalue weighted by molar-refractivity contribution is 6.45. The molecule has 1 saturated heterocycles. The Kier molecular flexibility index (Phi) is 5.12. The maximum atomic E-state index is 13.3. The second-order valence-corrected chi connectivity index (χ2v) is 6.56. The zero-order valence-electron chi connectivity index (χ0n) is 15.8. The molecule has 0 radical (unpaired) electrons. The summed E-state index contributed by atoms with van der Waals surface area (Å²) in [6.45, 7) is 4.72. The Morgan fingerprint density at radius 3 is 2.25 bits per heavy atom. The molecule has 2 aromatic carbocycles. The van der Waals surface area contributed by atoms with Gasteiger partial charge in [0.2, 0.25) is 0 Å². The van der Waals surface area contributed by atoms with E-state index in [9.17, 15) is 9.59 Å². The summed E-state index contributed by atoms with van der Waals surface area (Å²) < 4.78 is 10.9. The molecular formula is C22H22N2O4. The third-order valence-electron chi connectivity index (χ3n) is 4.86. The maximum absolute atomic E-state index is 13.3. The van der Waals surface area contributed by atoms with Crippen LogP contribution in [0.5, 0.6) is 5.75 Å². The molecule has 0 aliphatic carbocycles. The predicted octanol–water partition coefficient (Wildman–Crippen LogP) is 2.70. The Labute approximate surface area is 164 Å². The molecule has 6 heteroatoms. The minimum Gasteiger partial charge on any atom is -0.494 e. The minimum absolute atomic E-state index is 0.290. The Morgan fingerprint density at radius 1 is 0.929 bits per heavy atom. The molecule has 28 heavy (non-hydrogen) atoms. The third-order valence-corrected chi connectivity index (χ3v) is 4.86. The van der Waals surface area contributed by atoms with Gasteiger partial charge in [-0.05, 0) is 36.8 Å². The first-order valence-corrected chi connectivity index (χ1v) is 9.44. The smallest absolute Gasteiger partial charge is 0.282 e. The maximum Gasteiger partial charge on any atom is 0.282 e. The summed E-state index contributed by atoms with van der Waals surface area (Å²) in [5.74, 6) is 0.139. The highest BCUT2D eigenvalue weighted by Crippen LogP contribution is 2.35. The number of morpholine rings is 1. The van der Waals surface area contributed by atoms with E-state index in [2.05, 4.69) is 0 Å². The number of carbonyl (C=O) groups is 2. The van der Waals surface area contributed by atoms with Gasteiger partial charge in [0.15, 0.2) is 0 Å². The van der Waals surface area contributed by atoms with E-state index in [1.807, 2.05) is 54.3 Å². The topological polar surface area (TPSA) is 59.1 Å². The highest BCUT2D eigenvalue weighted by atomic mass is 16.5. The van der Waals surface area contributed by atoms with Crippen LogP contribution in [0.25, 0.3) is 5.57 Å². The van der Waals surface area contributed by atoms with Crippen molar-refractivity contribution < 1.29 is 19.1 Å².